The van der Waals surface area contributed by atoms with Crippen molar-refractivity contribution in [2.75, 3.05) is 4.90 Å². The number of hydrogen-bond acceptors (Lipinski definition) is 5. The molecule has 0 spiro atoms. The first-order valence-corrected chi connectivity index (χ1v) is 36.1. The first kappa shape index (κ1) is 56.3. The van der Waals surface area contributed by atoms with E-state index in [1.165, 1.54) is 150 Å². The minimum atomic E-state index is 0.847. The molecule has 0 saturated heterocycles. The van der Waals surface area contributed by atoms with Gasteiger partial charge in [0.2, 0.25) is 0 Å². The molecule has 0 radical (unpaired) electrons. The van der Waals surface area contributed by atoms with E-state index in [0.717, 1.165) is 61.9 Å². The van der Waals surface area contributed by atoms with Crippen molar-refractivity contribution >= 4 is 156 Å². The molecule has 2 aliphatic carbocycles. The van der Waals surface area contributed by atoms with E-state index in [2.05, 4.69) is 329 Å². The largest absolute Gasteiger partial charge is 0.311 e. The summed E-state index contributed by atoms with van der Waals surface area (Å²) in [7, 11) is 0. The molecular formula is C94H55N5S2. The van der Waals surface area contributed by atoms with E-state index < -0.39 is 0 Å². The van der Waals surface area contributed by atoms with Crippen molar-refractivity contribution in [3.63, 3.8) is 0 Å². The Kier molecular flexibility index (Phi) is 12.2. The predicted molar refractivity (Wildman–Crippen MR) is 430 cm³/mol. The summed E-state index contributed by atoms with van der Waals surface area (Å²) in [5.74, 6) is 0.847. The van der Waals surface area contributed by atoms with Gasteiger partial charge in [-0.1, -0.05) is 212 Å². The van der Waals surface area contributed by atoms with Gasteiger partial charge >= 0.3 is 0 Å². The highest BCUT2D eigenvalue weighted by atomic mass is 32.1. The lowest BCUT2D eigenvalue weighted by atomic mass is 9.92. The van der Waals surface area contributed by atoms with Crippen molar-refractivity contribution < 1.29 is 0 Å². The van der Waals surface area contributed by atoms with Crippen molar-refractivity contribution in [3.05, 3.63) is 334 Å². The SMILES string of the molecule is c1ccc(-c2nc3ccccc3nc2-n2c3cccc4c3c3c5c(cccc5ccc32)-c2cc3c(cc2-4)sc2ccccc23)cc1.c1ccc(N(c2ccccc2)c2ccc(-c3ccc(-n4c5cccc6c5c5c7c(cccc7ccc54)-c4cc5c(cc4-6)sc4ccccc45)cc3)cc2)cc1. The van der Waals surface area contributed by atoms with Gasteiger partial charge in [-0.25, -0.2) is 9.97 Å². The molecule has 0 atom stereocenters. The van der Waals surface area contributed by atoms with Crippen LogP contribution in [0.4, 0.5) is 17.1 Å². The predicted octanol–water partition coefficient (Wildman–Crippen LogP) is 26.7. The Labute approximate surface area is 588 Å². The molecule has 468 valence electrons. The van der Waals surface area contributed by atoms with Crippen LogP contribution in [0.3, 0.4) is 0 Å². The highest BCUT2D eigenvalue weighted by Gasteiger charge is 2.30. The second-order valence-electron chi connectivity index (χ2n) is 26.6. The summed E-state index contributed by atoms with van der Waals surface area (Å²) in [5.41, 5.74) is 25.7. The van der Waals surface area contributed by atoms with Crippen LogP contribution >= 0.6 is 22.7 Å². The van der Waals surface area contributed by atoms with E-state index >= 15 is 0 Å². The summed E-state index contributed by atoms with van der Waals surface area (Å²) in [6, 6.07) is 122. The van der Waals surface area contributed by atoms with E-state index in [9.17, 15) is 0 Å². The lowest BCUT2D eigenvalue weighted by Gasteiger charge is -2.25. The number of fused-ring (bicyclic) bond motifs is 13. The Balaban J connectivity index is 0.000000130. The number of para-hydroxylation sites is 4. The smallest absolute Gasteiger partial charge is 0.165 e. The number of benzene rings is 16. The molecule has 0 N–H and O–H groups in total. The maximum absolute atomic E-state index is 5.36. The zero-order valence-corrected chi connectivity index (χ0v) is 55.9. The van der Waals surface area contributed by atoms with Gasteiger partial charge in [-0.15, -0.1) is 22.7 Å². The van der Waals surface area contributed by atoms with Gasteiger partial charge in [-0.3, -0.25) is 4.57 Å². The van der Waals surface area contributed by atoms with E-state index in [-0.39, 0.29) is 0 Å². The zero-order chi connectivity index (χ0) is 66.0. The maximum Gasteiger partial charge on any atom is 0.165 e. The standard InChI is InChI=1S/C52H32N2S.C42H23N3S/c1-3-12-36(13-4-1)53(37-14-5-2-6-15-37)38-26-21-33(22-27-38)34-23-28-39(29-24-34)54-46-19-10-18-42-44-32-49-45(40-16-7-8-20-48(40)55-49)31-43(44)41-17-9-11-35-25-30-47(54)52(50(35)41)51(42)46;1-2-10-25(11-3-1)41-42(44-33-17-6-5-16-32(33)43-41)45-34-18-9-15-28-30-23-37-31(26-13-4-7-19-36(26)46-37)22-29(30)27-14-8-12-24-20-21-35(45)40(38(24)27)39(28)34/h1-32H;1-23H. The van der Waals surface area contributed by atoms with Crippen LogP contribution in [0.1, 0.15) is 0 Å². The number of hydrogen-bond donors (Lipinski definition) is 0. The summed E-state index contributed by atoms with van der Waals surface area (Å²) in [6.07, 6.45) is 0. The Bertz CT molecular complexity index is 7010. The molecule has 21 aromatic rings. The third-order valence-electron chi connectivity index (χ3n) is 21.2. The van der Waals surface area contributed by atoms with Crippen LogP contribution in [0.15, 0.2) is 334 Å². The van der Waals surface area contributed by atoms with Gasteiger partial charge in [0.1, 0.15) is 5.69 Å². The molecule has 0 fully saturated rings. The highest BCUT2D eigenvalue weighted by Crippen LogP contribution is 2.55. The molecule has 0 amide bonds. The monoisotopic (exact) mass is 1320 g/mol. The minimum Gasteiger partial charge on any atom is -0.311 e. The molecule has 5 heterocycles. The first-order valence-electron chi connectivity index (χ1n) is 34.4. The fraction of sp³-hybridized carbons (Fsp3) is 0. The molecule has 0 unspecified atom stereocenters. The Morgan fingerprint density at radius 3 is 1.21 bits per heavy atom. The third-order valence-corrected chi connectivity index (χ3v) is 23.5. The molecule has 101 heavy (non-hydrogen) atoms. The highest BCUT2D eigenvalue weighted by molar-refractivity contribution is 7.26. The summed E-state index contributed by atoms with van der Waals surface area (Å²) in [4.78, 5) is 12.9. The molecule has 7 heteroatoms. The van der Waals surface area contributed by atoms with Crippen molar-refractivity contribution in [1.82, 2.24) is 19.1 Å². The lowest BCUT2D eigenvalue weighted by molar-refractivity contribution is 1.08. The van der Waals surface area contributed by atoms with Crippen LogP contribution in [0.2, 0.25) is 0 Å². The van der Waals surface area contributed by atoms with E-state index in [1.807, 2.05) is 40.9 Å². The first-order chi connectivity index (χ1) is 50.1. The van der Waals surface area contributed by atoms with E-state index in [1.54, 1.807) is 0 Å². The normalized spacial score (nSPS) is 12.2. The number of aromatic nitrogens is 4. The van der Waals surface area contributed by atoms with Gasteiger partial charge in [0.15, 0.2) is 5.82 Å². The van der Waals surface area contributed by atoms with Gasteiger partial charge in [-0.2, -0.15) is 0 Å². The molecule has 5 aromatic heterocycles. The second kappa shape index (κ2) is 21.9. The summed E-state index contributed by atoms with van der Waals surface area (Å²) in [6.45, 7) is 0. The maximum atomic E-state index is 5.36. The van der Waals surface area contributed by atoms with Gasteiger partial charge in [0.25, 0.3) is 0 Å². The number of nitrogens with zero attached hydrogens (tertiary/aromatic N) is 5. The van der Waals surface area contributed by atoms with Gasteiger partial charge in [0, 0.05) is 90.2 Å². The van der Waals surface area contributed by atoms with Crippen molar-refractivity contribution in [3.8, 4) is 78.4 Å². The number of thiophene rings is 2. The van der Waals surface area contributed by atoms with Crippen LogP contribution < -0.4 is 4.90 Å². The summed E-state index contributed by atoms with van der Waals surface area (Å²) in [5, 5.41) is 15.7. The Morgan fingerprint density at radius 1 is 0.248 bits per heavy atom. The summed E-state index contributed by atoms with van der Waals surface area (Å²) < 4.78 is 10.1. The minimum absolute atomic E-state index is 0.847. The van der Waals surface area contributed by atoms with Gasteiger partial charge < -0.3 is 9.47 Å². The number of anilines is 3. The van der Waals surface area contributed by atoms with Crippen molar-refractivity contribution in [1.29, 1.82) is 0 Å². The second-order valence-corrected chi connectivity index (χ2v) is 28.8. The van der Waals surface area contributed by atoms with Crippen molar-refractivity contribution in [2.24, 2.45) is 0 Å². The van der Waals surface area contributed by atoms with Gasteiger partial charge in [0.05, 0.1) is 33.1 Å². The van der Waals surface area contributed by atoms with Crippen LogP contribution in [-0.4, -0.2) is 19.1 Å². The lowest BCUT2D eigenvalue weighted by Crippen LogP contribution is -2.09. The van der Waals surface area contributed by atoms with Crippen LogP contribution in [-0.2, 0) is 0 Å². The van der Waals surface area contributed by atoms with Crippen molar-refractivity contribution in [2.45, 2.75) is 0 Å². The molecule has 2 aliphatic rings. The molecule has 5 nitrogen and oxygen atoms in total. The molecular weight excluding hydrogens is 1260 g/mol. The fourth-order valence-electron chi connectivity index (χ4n) is 16.8. The molecule has 16 aromatic carbocycles. The quantitative estimate of drug-likeness (QED) is 0.160. The average Bonchev–Trinajstić information content (AvgIpc) is 1.55. The van der Waals surface area contributed by atoms with Crippen LogP contribution in [0, 0.1) is 0 Å². The molecule has 0 aliphatic heterocycles. The summed E-state index contributed by atoms with van der Waals surface area (Å²) >= 11 is 3.77. The molecule has 0 saturated carbocycles. The average molecular weight is 1320 g/mol. The zero-order valence-electron chi connectivity index (χ0n) is 54.3. The molecule has 0 bridgehead atoms. The van der Waals surface area contributed by atoms with E-state index in [0.29, 0.717) is 0 Å². The Hall–Kier alpha value is -12.8. The Morgan fingerprint density at radius 2 is 0.663 bits per heavy atom. The fourth-order valence-corrected chi connectivity index (χ4v) is 19.1. The molecule has 23 rings (SSSR count). The van der Waals surface area contributed by atoms with E-state index in [4.69, 9.17) is 9.97 Å². The topological polar surface area (TPSA) is 38.9 Å². The van der Waals surface area contributed by atoms with Crippen LogP contribution in [0.5, 0.6) is 0 Å². The third kappa shape index (κ3) is 8.42. The van der Waals surface area contributed by atoms with Gasteiger partial charge in [-0.05, 0) is 199 Å². The van der Waals surface area contributed by atoms with Crippen LogP contribution in [0.25, 0.3) is 195 Å². The number of rotatable bonds is 7.